The summed E-state index contributed by atoms with van der Waals surface area (Å²) in [5.74, 6) is -0.473. The van der Waals surface area contributed by atoms with Crippen molar-refractivity contribution in [2.75, 3.05) is 26.0 Å². The van der Waals surface area contributed by atoms with Crippen LogP contribution >= 0.6 is 11.6 Å². The number of carbonyl (C=O) groups is 1. The van der Waals surface area contributed by atoms with Crippen molar-refractivity contribution in [2.45, 2.75) is 19.4 Å². The molecule has 1 unspecified atom stereocenters. The number of hydrogen-bond donors (Lipinski definition) is 1. The molecule has 28 heavy (non-hydrogen) atoms. The number of amides is 1. The minimum atomic E-state index is -0.340. The van der Waals surface area contributed by atoms with Gasteiger partial charge in [0.05, 0.1) is 5.92 Å². The van der Waals surface area contributed by atoms with Crippen LogP contribution in [0.3, 0.4) is 0 Å². The average molecular weight is 398 g/mol. The highest BCUT2D eigenvalue weighted by Crippen LogP contribution is 2.24. The SMILES string of the molecule is CC(C(=O)Nc1cccc2c(=O)n(CCN(C)C)ccc12)c1ccc(Cl)cc1. The highest BCUT2D eigenvalue weighted by Gasteiger charge is 2.17. The van der Waals surface area contributed by atoms with Gasteiger partial charge in [-0.3, -0.25) is 9.59 Å². The first-order valence-corrected chi connectivity index (χ1v) is 9.58. The van der Waals surface area contributed by atoms with E-state index < -0.39 is 0 Å². The number of rotatable bonds is 6. The normalized spacial score (nSPS) is 12.3. The fraction of sp³-hybridized carbons (Fsp3) is 0.273. The van der Waals surface area contributed by atoms with Gasteiger partial charge in [0.25, 0.3) is 5.56 Å². The van der Waals surface area contributed by atoms with Gasteiger partial charge in [-0.05, 0) is 56.9 Å². The molecule has 0 fully saturated rings. The lowest BCUT2D eigenvalue weighted by molar-refractivity contribution is -0.117. The van der Waals surface area contributed by atoms with Crippen LogP contribution < -0.4 is 10.9 Å². The second-order valence-corrected chi connectivity index (χ2v) is 7.58. The number of nitrogens with zero attached hydrogens (tertiary/aromatic N) is 2. The van der Waals surface area contributed by atoms with Crippen LogP contribution in [-0.2, 0) is 11.3 Å². The Hall–Kier alpha value is -2.63. The van der Waals surface area contributed by atoms with E-state index in [1.807, 2.05) is 50.2 Å². The molecule has 0 aliphatic heterocycles. The average Bonchev–Trinajstić information content (AvgIpc) is 2.68. The zero-order valence-corrected chi connectivity index (χ0v) is 17.0. The highest BCUT2D eigenvalue weighted by molar-refractivity contribution is 6.30. The lowest BCUT2D eigenvalue weighted by atomic mass is 10.00. The molecule has 3 aromatic rings. The molecule has 0 aliphatic rings. The summed E-state index contributed by atoms with van der Waals surface area (Å²) < 4.78 is 1.70. The van der Waals surface area contributed by atoms with Gasteiger partial charge >= 0.3 is 0 Å². The Bertz CT molecular complexity index is 1040. The predicted octanol–water partition coefficient (Wildman–Crippen LogP) is 3.96. The van der Waals surface area contributed by atoms with Crippen molar-refractivity contribution in [2.24, 2.45) is 0 Å². The Kier molecular flexibility index (Phi) is 6.17. The molecule has 1 atom stereocenters. The van der Waals surface area contributed by atoms with Gasteiger partial charge in [-0.2, -0.15) is 0 Å². The van der Waals surface area contributed by atoms with Crippen LogP contribution in [0.2, 0.25) is 5.02 Å². The van der Waals surface area contributed by atoms with E-state index >= 15 is 0 Å². The molecule has 2 aromatic carbocycles. The summed E-state index contributed by atoms with van der Waals surface area (Å²) in [5.41, 5.74) is 1.47. The fourth-order valence-electron chi connectivity index (χ4n) is 3.05. The number of aromatic nitrogens is 1. The largest absolute Gasteiger partial charge is 0.325 e. The number of anilines is 1. The maximum atomic E-state index is 12.8. The monoisotopic (exact) mass is 397 g/mol. The maximum absolute atomic E-state index is 12.8. The summed E-state index contributed by atoms with van der Waals surface area (Å²) in [6.45, 7) is 3.24. The summed E-state index contributed by atoms with van der Waals surface area (Å²) in [5, 5.41) is 4.94. The number of fused-ring (bicyclic) bond motifs is 1. The maximum Gasteiger partial charge on any atom is 0.258 e. The molecule has 146 valence electrons. The van der Waals surface area contributed by atoms with Crippen molar-refractivity contribution in [3.63, 3.8) is 0 Å². The predicted molar refractivity (Wildman–Crippen MR) is 115 cm³/mol. The third-order valence-electron chi connectivity index (χ3n) is 4.83. The molecule has 6 heteroatoms. The molecule has 1 aromatic heterocycles. The first kappa shape index (κ1) is 20.1. The second-order valence-electron chi connectivity index (χ2n) is 7.15. The second kappa shape index (κ2) is 8.59. The van der Waals surface area contributed by atoms with Crippen LogP contribution in [0.25, 0.3) is 10.8 Å². The zero-order chi connectivity index (χ0) is 20.3. The zero-order valence-electron chi connectivity index (χ0n) is 16.3. The van der Waals surface area contributed by atoms with Gasteiger partial charge in [0, 0.05) is 40.8 Å². The van der Waals surface area contributed by atoms with Gasteiger partial charge in [-0.25, -0.2) is 0 Å². The van der Waals surface area contributed by atoms with Crippen LogP contribution in [0.4, 0.5) is 5.69 Å². The first-order valence-electron chi connectivity index (χ1n) is 9.20. The molecule has 0 radical (unpaired) electrons. The Morgan fingerprint density at radius 3 is 2.50 bits per heavy atom. The van der Waals surface area contributed by atoms with E-state index in [0.717, 1.165) is 17.5 Å². The topological polar surface area (TPSA) is 54.3 Å². The van der Waals surface area contributed by atoms with Gasteiger partial charge in [-0.15, -0.1) is 0 Å². The molecule has 1 N–H and O–H groups in total. The smallest absolute Gasteiger partial charge is 0.258 e. The number of carbonyl (C=O) groups excluding carboxylic acids is 1. The molecule has 1 heterocycles. The molecular formula is C22H24ClN3O2. The van der Waals surface area contributed by atoms with Crippen LogP contribution in [-0.4, -0.2) is 36.0 Å². The summed E-state index contributed by atoms with van der Waals surface area (Å²) in [7, 11) is 3.95. The minimum absolute atomic E-state index is 0.0544. The molecule has 0 bridgehead atoms. The molecule has 3 rings (SSSR count). The van der Waals surface area contributed by atoms with Crippen molar-refractivity contribution in [3.05, 3.63) is 75.7 Å². The number of halogens is 1. The molecule has 0 spiro atoms. The van der Waals surface area contributed by atoms with Gasteiger partial charge in [0.15, 0.2) is 0 Å². The van der Waals surface area contributed by atoms with E-state index in [4.69, 9.17) is 11.6 Å². The fourth-order valence-corrected chi connectivity index (χ4v) is 3.18. The lowest BCUT2D eigenvalue weighted by Crippen LogP contribution is -2.26. The number of likely N-dealkylation sites (N-methyl/N-ethyl adjacent to an activating group) is 1. The van der Waals surface area contributed by atoms with E-state index in [9.17, 15) is 9.59 Å². The van der Waals surface area contributed by atoms with Crippen LogP contribution in [0.1, 0.15) is 18.4 Å². The van der Waals surface area contributed by atoms with Crippen LogP contribution in [0.5, 0.6) is 0 Å². The van der Waals surface area contributed by atoms with E-state index in [2.05, 4.69) is 5.32 Å². The molecular weight excluding hydrogens is 374 g/mol. The quantitative estimate of drug-likeness (QED) is 0.685. The van der Waals surface area contributed by atoms with Crippen molar-refractivity contribution in [1.29, 1.82) is 0 Å². The number of nitrogens with one attached hydrogen (secondary N) is 1. The first-order chi connectivity index (χ1) is 13.4. The van der Waals surface area contributed by atoms with Crippen LogP contribution in [0, 0.1) is 0 Å². The lowest BCUT2D eigenvalue weighted by Gasteiger charge is -2.15. The number of pyridine rings is 1. The molecule has 0 saturated heterocycles. The Labute approximate surface area is 169 Å². The number of hydrogen-bond acceptors (Lipinski definition) is 3. The van der Waals surface area contributed by atoms with Crippen LogP contribution in [0.15, 0.2) is 59.5 Å². The van der Waals surface area contributed by atoms with Gasteiger partial charge in [0.1, 0.15) is 0 Å². The van der Waals surface area contributed by atoms with Crippen molar-refractivity contribution >= 4 is 34.0 Å². The Morgan fingerprint density at radius 1 is 1.11 bits per heavy atom. The van der Waals surface area contributed by atoms with Crippen molar-refractivity contribution in [1.82, 2.24) is 9.47 Å². The summed E-state index contributed by atoms with van der Waals surface area (Å²) in [6, 6.07) is 14.5. The summed E-state index contributed by atoms with van der Waals surface area (Å²) in [4.78, 5) is 27.6. The van der Waals surface area contributed by atoms with Crippen molar-refractivity contribution in [3.8, 4) is 0 Å². The van der Waals surface area contributed by atoms with E-state index in [1.165, 1.54) is 0 Å². The minimum Gasteiger partial charge on any atom is -0.325 e. The summed E-state index contributed by atoms with van der Waals surface area (Å²) >= 11 is 5.92. The van der Waals surface area contributed by atoms with Gasteiger partial charge in [0.2, 0.25) is 5.91 Å². The molecule has 0 aliphatic carbocycles. The van der Waals surface area contributed by atoms with Crippen molar-refractivity contribution < 1.29 is 4.79 Å². The molecule has 0 saturated carbocycles. The Morgan fingerprint density at radius 2 is 1.82 bits per heavy atom. The van der Waals surface area contributed by atoms with E-state index in [-0.39, 0.29) is 17.4 Å². The van der Waals surface area contributed by atoms with Gasteiger partial charge in [-0.1, -0.05) is 29.8 Å². The molecule has 5 nitrogen and oxygen atoms in total. The third kappa shape index (κ3) is 4.43. The Balaban J connectivity index is 1.87. The summed E-state index contributed by atoms with van der Waals surface area (Å²) in [6.07, 6.45) is 1.78. The highest BCUT2D eigenvalue weighted by atomic mass is 35.5. The number of benzene rings is 2. The van der Waals surface area contributed by atoms with E-state index in [1.54, 1.807) is 35.0 Å². The molecule has 1 amide bonds. The third-order valence-corrected chi connectivity index (χ3v) is 5.08. The standard InChI is InChI=1S/C22H24ClN3O2/c1-15(16-7-9-17(23)10-8-16)21(27)24-20-6-4-5-19-18(20)11-12-26(22(19)28)14-13-25(2)3/h4-12,15H,13-14H2,1-3H3,(H,24,27). The van der Waals surface area contributed by atoms with Gasteiger partial charge < -0.3 is 14.8 Å². The van der Waals surface area contributed by atoms with E-state index in [0.29, 0.717) is 22.6 Å².